The van der Waals surface area contributed by atoms with E-state index < -0.39 is 0 Å². The number of nitrogens with zero attached hydrogens (tertiary/aromatic N) is 3. The molecule has 6 rings (SSSR count). The van der Waals surface area contributed by atoms with Crippen molar-refractivity contribution < 1.29 is 4.39 Å². The highest BCUT2D eigenvalue weighted by molar-refractivity contribution is 5.41. The van der Waals surface area contributed by atoms with Gasteiger partial charge in [-0.25, -0.2) is 4.39 Å². The fraction of sp³-hybridized carbons (Fsp3) is 0.611. The van der Waals surface area contributed by atoms with Crippen molar-refractivity contribution in [1.29, 1.82) is 15.8 Å². The van der Waals surface area contributed by atoms with Crippen LogP contribution in [-0.4, -0.2) is 0 Å². The first-order chi connectivity index (χ1) is 25.1. The molecule has 0 atom stereocenters. The molecule has 0 aromatic heterocycles. The molecule has 3 fully saturated rings. The molecule has 0 N–H and O–H groups in total. The van der Waals surface area contributed by atoms with E-state index in [9.17, 15) is 4.39 Å². The highest BCUT2D eigenvalue weighted by Gasteiger charge is 2.20. The maximum Gasteiger partial charge on any atom is 0.141 e. The van der Waals surface area contributed by atoms with Crippen LogP contribution < -0.4 is 0 Å². The lowest BCUT2D eigenvalue weighted by Crippen LogP contribution is -2.14. The van der Waals surface area contributed by atoms with Gasteiger partial charge in [-0.3, -0.25) is 0 Å². The van der Waals surface area contributed by atoms with E-state index in [0.29, 0.717) is 0 Å². The summed E-state index contributed by atoms with van der Waals surface area (Å²) in [4.78, 5) is 0. The highest BCUT2D eigenvalue weighted by Crippen LogP contribution is 2.33. The zero-order valence-electron chi connectivity index (χ0n) is 32.5. The molecule has 3 aromatic carbocycles. The van der Waals surface area contributed by atoms with Gasteiger partial charge in [0.2, 0.25) is 0 Å². The van der Waals surface area contributed by atoms with Gasteiger partial charge in [-0.1, -0.05) is 160 Å². The van der Waals surface area contributed by atoms with E-state index in [1.807, 2.05) is 43.3 Å². The van der Waals surface area contributed by atoms with Crippen molar-refractivity contribution >= 4 is 0 Å². The molecular weight excluding hydrogens is 710 g/mol. The number of aryl methyl sites for hydroxylation is 3. The minimum atomic E-state index is -0.366. The Kier molecular flexibility index (Phi) is 31.2. The summed E-state index contributed by atoms with van der Waals surface area (Å²) in [5, 5.41) is 26.3. The van der Waals surface area contributed by atoms with Gasteiger partial charge in [-0.2, -0.15) is 15.8 Å². The van der Waals surface area contributed by atoms with Crippen LogP contribution in [-0.2, 0) is 19.3 Å². The molecule has 0 saturated heterocycles. The molecule has 0 unspecified atom stereocenters. The van der Waals surface area contributed by atoms with Crippen LogP contribution in [0.2, 0.25) is 0 Å². The molecular formula is C54H86FN3. The molecule has 0 aliphatic heterocycles. The van der Waals surface area contributed by atoms with Crippen LogP contribution in [0.3, 0.4) is 0 Å². The van der Waals surface area contributed by atoms with Crippen molar-refractivity contribution in [2.45, 2.75) is 181 Å². The van der Waals surface area contributed by atoms with E-state index in [0.717, 1.165) is 70.6 Å². The van der Waals surface area contributed by atoms with E-state index in [1.165, 1.54) is 114 Å². The Morgan fingerprint density at radius 1 is 0.483 bits per heavy atom. The van der Waals surface area contributed by atoms with Crippen LogP contribution in [0.1, 0.15) is 194 Å². The van der Waals surface area contributed by atoms with Crippen molar-refractivity contribution in [1.82, 2.24) is 0 Å². The Hall–Kier alpha value is -3.94. The summed E-state index contributed by atoms with van der Waals surface area (Å²) >= 11 is 0. The Bertz CT molecular complexity index is 1590. The fourth-order valence-corrected chi connectivity index (χ4v) is 8.41. The maximum atomic E-state index is 13.7. The summed E-state index contributed by atoms with van der Waals surface area (Å²) in [7, 11) is 0. The van der Waals surface area contributed by atoms with Crippen LogP contribution in [0.4, 0.5) is 4.39 Å². The summed E-state index contributed by atoms with van der Waals surface area (Å²) < 4.78 is 13.7. The minimum absolute atomic E-state index is 0. The Labute approximate surface area is 359 Å². The molecule has 3 nitrogen and oxygen atoms in total. The van der Waals surface area contributed by atoms with Crippen LogP contribution in [0, 0.1) is 82.2 Å². The summed E-state index contributed by atoms with van der Waals surface area (Å²) in [6, 6.07) is 25.9. The highest BCUT2D eigenvalue weighted by atomic mass is 19.1. The van der Waals surface area contributed by atoms with Gasteiger partial charge in [0, 0.05) is 0 Å². The lowest BCUT2D eigenvalue weighted by molar-refractivity contribution is 0.277. The van der Waals surface area contributed by atoms with E-state index in [4.69, 9.17) is 15.8 Å². The molecule has 3 aliphatic carbocycles. The van der Waals surface area contributed by atoms with Gasteiger partial charge in [0.1, 0.15) is 11.9 Å². The topological polar surface area (TPSA) is 71.4 Å². The van der Waals surface area contributed by atoms with Gasteiger partial charge >= 0.3 is 0 Å². The molecule has 0 amide bonds. The number of hydrogen-bond acceptors (Lipinski definition) is 3. The van der Waals surface area contributed by atoms with Gasteiger partial charge in [0.05, 0.1) is 28.8 Å². The first-order valence-corrected chi connectivity index (χ1v) is 20.3. The fourth-order valence-electron chi connectivity index (χ4n) is 8.41. The lowest BCUT2D eigenvalue weighted by Gasteiger charge is -2.26. The third-order valence-electron chi connectivity index (χ3n) is 12.2. The number of benzene rings is 3. The van der Waals surface area contributed by atoms with Gasteiger partial charge in [-0.05, 0) is 140 Å². The molecule has 0 bridgehead atoms. The number of halogens is 1. The van der Waals surface area contributed by atoms with Crippen LogP contribution in [0.25, 0.3) is 0 Å². The Morgan fingerprint density at radius 2 is 0.845 bits per heavy atom. The van der Waals surface area contributed by atoms with Crippen molar-refractivity contribution in [2.75, 3.05) is 0 Å². The average molecular weight is 796 g/mol. The summed E-state index contributed by atoms with van der Waals surface area (Å²) in [5.74, 6) is 4.99. The summed E-state index contributed by atoms with van der Waals surface area (Å²) in [6.45, 7) is 8.87. The second kappa shape index (κ2) is 31.0. The van der Waals surface area contributed by atoms with Crippen molar-refractivity contribution in [2.24, 2.45) is 35.5 Å². The van der Waals surface area contributed by atoms with E-state index in [1.54, 1.807) is 0 Å². The zero-order valence-corrected chi connectivity index (χ0v) is 32.5. The van der Waals surface area contributed by atoms with Crippen LogP contribution in [0.15, 0.2) is 60.7 Å². The van der Waals surface area contributed by atoms with Gasteiger partial charge < -0.3 is 0 Å². The normalized spacial score (nSPS) is 21.6. The smallest absolute Gasteiger partial charge is 0.141 e. The monoisotopic (exact) mass is 796 g/mol. The molecule has 0 spiro atoms. The quantitative estimate of drug-likeness (QED) is 0.228. The number of nitriles is 3. The lowest BCUT2D eigenvalue weighted by atomic mass is 9.80. The maximum absolute atomic E-state index is 13.7. The Morgan fingerprint density at radius 3 is 1.21 bits per heavy atom. The first-order valence-electron chi connectivity index (χ1n) is 20.3. The van der Waals surface area contributed by atoms with Crippen molar-refractivity contribution in [3.63, 3.8) is 0 Å². The molecule has 324 valence electrons. The number of hydrogen-bond donors (Lipinski definition) is 0. The molecule has 0 heterocycles. The van der Waals surface area contributed by atoms with Gasteiger partial charge in [0.25, 0.3) is 0 Å². The number of rotatable bonds is 8. The van der Waals surface area contributed by atoms with E-state index in [2.05, 4.69) is 57.2 Å². The van der Waals surface area contributed by atoms with Crippen molar-refractivity contribution in [3.05, 3.63) is 105 Å². The van der Waals surface area contributed by atoms with Gasteiger partial charge in [0.15, 0.2) is 0 Å². The molecule has 4 heteroatoms. The van der Waals surface area contributed by atoms with Crippen LogP contribution in [0.5, 0.6) is 0 Å². The first kappa shape index (κ1) is 58.4. The summed E-state index contributed by atoms with van der Waals surface area (Å²) in [5.41, 5.74) is 6.28. The molecule has 3 aromatic rings. The minimum Gasteiger partial charge on any atom is -0.206 e. The molecule has 3 aliphatic rings. The second-order valence-electron chi connectivity index (χ2n) is 16.7. The third-order valence-corrected chi connectivity index (χ3v) is 12.2. The Balaban J connectivity index is -0.000000746. The zero-order chi connectivity index (χ0) is 37.3. The second-order valence-corrected chi connectivity index (χ2v) is 16.7. The molecule has 58 heavy (non-hydrogen) atoms. The molecule has 0 radical (unpaired) electrons. The van der Waals surface area contributed by atoms with Crippen LogP contribution >= 0.6 is 0 Å². The standard InChI is InChI=1S/C17H22FN.C16H21N.C15H19N.6CH4/c1-12-3-5-14(6-4-12)7-8-15-9-13(2)16(11-19)17(18)10-15;1-13-2-4-14(5-3-13)6-7-15-8-10-16(12-17)11-9-15;1-12-2-4-13(5-3-12)10-14-6-8-15(11-16)9-7-14;;;;;;/h9-10,12,14H,3-8H2,1-2H3;8-11,13-14H,2-7H2,1H3;6-9,12-13H,2-5,10H2,1H3;6*1H4. The summed E-state index contributed by atoms with van der Waals surface area (Å²) in [6.07, 6.45) is 22.3. The van der Waals surface area contributed by atoms with Crippen molar-refractivity contribution in [3.8, 4) is 18.2 Å². The molecule has 3 saturated carbocycles. The van der Waals surface area contributed by atoms with E-state index in [-0.39, 0.29) is 55.9 Å². The van der Waals surface area contributed by atoms with E-state index >= 15 is 0 Å². The van der Waals surface area contributed by atoms with Gasteiger partial charge in [-0.15, -0.1) is 0 Å². The third kappa shape index (κ3) is 20.2. The largest absolute Gasteiger partial charge is 0.206 e. The predicted octanol–water partition coefficient (Wildman–Crippen LogP) is 16.8. The SMILES string of the molecule is C.C.C.C.C.C.CC1CCC(CCc2ccc(C#N)cc2)CC1.CC1CCC(Cc2ccc(C#N)cc2)CC1.Cc1cc(CCC2CCC(C)CC2)cc(F)c1C#N. The predicted molar refractivity (Wildman–Crippen MR) is 252 cm³/mol. The average Bonchev–Trinajstić information content (AvgIpc) is 3.16.